The monoisotopic (exact) mass is 311 g/mol. The lowest BCUT2D eigenvalue weighted by Gasteiger charge is -2.09. The first kappa shape index (κ1) is 13.1. The van der Waals surface area contributed by atoms with Crippen LogP contribution in [0.5, 0.6) is 0 Å². The number of aldehydes is 1. The van der Waals surface area contributed by atoms with Gasteiger partial charge in [0.05, 0.1) is 0 Å². The molecule has 1 aliphatic carbocycles. The number of nitrogens with one attached hydrogen (secondary N) is 1. The van der Waals surface area contributed by atoms with Gasteiger partial charge < -0.3 is 10.1 Å². The van der Waals surface area contributed by atoms with E-state index in [0.29, 0.717) is 5.56 Å². The predicted octanol–water partition coefficient (Wildman–Crippen LogP) is 2.96. The zero-order valence-corrected chi connectivity index (χ0v) is 11.6. The predicted molar refractivity (Wildman–Crippen MR) is 70.6 cm³/mol. The summed E-state index contributed by atoms with van der Waals surface area (Å²) < 4.78 is 5.93. The molecule has 4 nitrogen and oxygen atoms in total. The Morgan fingerprint density at radius 1 is 1.56 bits per heavy atom. The zero-order valence-electron chi connectivity index (χ0n) is 10.0. The van der Waals surface area contributed by atoms with Crippen molar-refractivity contribution in [3.05, 3.63) is 33.3 Å². The Hall–Kier alpha value is -1.36. The summed E-state index contributed by atoms with van der Waals surface area (Å²) in [4.78, 5) is 22.2. The van der Waals surface area contributed by atoms with Gasteiger partial charge in [0.1, 0.15) is 12.9 Å². The van der Waals surface area contributed by atoms with Crippen molar-refractivity contribution >= 4 is 28.3 Å². The summed E-state index contributed by atoms with van der Waals surface area (Å²) in [5.74, 6) is 0. The highest BCUT2D eigenvalue weighted by molar-refractivity contribution is 9.10. The summed E-state index contributed by atoms with van der Waals surface area (Å²) in [6.45, 7) is 2.02. The largest absolute Gasteiger partial charge is 0.445 e. The van der Waals surface area contributed by atoms with E-state index in [9.17, 15) is 9.59 Å². The smallest absolute Gasteiger partial charge is 0.407 e. The Kier molecular flexibility index (Phi) is 4.01. The summed E-state index contributed by atoms with van der Waals surface area (Å²) in [7, 11) is 0. The SMILES string of the molecule is Cc1c(Br)cc(COC(=O)NC2CC2)cc1C=O. The Morgan fingerprint density at radius 3 is 2.89 bits per heavy atom. The molecule has 1 fully saturated rings. The number of amides is 1. The van der Waals surface area contributed by atoms with E-state index in [1.54, 1.807) is 6.07 Å². The van der Waals surface area contributed by atoms with Gasteiger partial charge in [-0.15, -0.1) is 0 Å². The molecule has 0 spiro atoms. The Balaban J connectivity index is 1.97. The van der Waals surface area contributed by atoms with Crippen LogP contribution in [0.3, 0.4) is 0 Å². The number of halogens is 1. The van der Waals surface area contributed by atoms with E-state index in [-0.39, 0.29) is 12.6 Å². The maximum Gasteiger partial charge on any atom is 0.407 e. The van der Waals surface area contributed by atoms with E-state index < -0.39 is 6.09 Å². The van der Waals surface area contributed by atoms with Crippen molar-refractivity contribution < 1.29 is 14.3 Å². The molecule has 1 aromatic rings. The van der Waals surface area contributed by atoms with E-state index >= 15 is 0 Å². The first-order valence-electron chi connectivity index (χ1n) is 5.77. The van der Waals surface area contributed by atoms with E-state index in [2.05, 4.69) is 21.2 Å². The Morgan fingerprint density at radius 2 is 2.28 bits per heavy atom. The number of carbonyl (C=O) groups is 2. The van der Waals surface area contributed by atoms with Gasteiger partial charge in [-0.3, -0.25) is 4.79 Å². The van der Waals surface area contributed by atoms with E-state index in [4.69, 9.17) is 4.74 Å². The second-order valence-corrected chi connectivity index (χ2v) is 5.26. The van der Waals surface area contributed by atoms with Crippen LogP contribution in [0.1, 0.15) is 34.3 Å². The molecule has 0 atom stereocenters. The summed E-state index contributed by atoms with van der Waals surface area (Å²) in [5, 5.41) is 2.74. The third-order valence-corrected chi connectivity index (χ3v) is 3.66. The molecule has 0 aliphatic heterocycles. The number of ether oxygens (including phenoxy) is 1. The van der Waals surface area contributed by atoms with Gasteiger partial charge >= 0.3 is 6.09 Å². The van der Waals surface area contributed by atoms with Crippen LogP contribution in [0, 0.1) is 6.92 Å². The van der Waals surface area contributed by atoms with Gasteiger partial charge in [-0.25, -0.2) is 4.79 Å². The van der Waals surface area contributed by atoms with Gasteiger partial charge in [-0.05, 0) is 43.0 Å². The average Bonchev–Trinajstić information content (AvgIpc) is 3.14. The Labute approximate surface area is 114 Å². The number of alkyl carbamates (subject to hydrolysis) is 1. The minimum atomic E-state index is -0.401. The molecule has 5 heteroatoms. The van der Waals surface area contributed by atoms with Crippen LogP contribution in [0.15, 0.2) is 16.6 Å². The molecular formula is C13H14BrNO3. The van der Waals surface area contributed by atoms with Gasteiger partial charge in [0, 0.05) is 16.1 Å². The molecule has 0 unspecified atom stereocenters. The summed E-state index contributed by atoms with van der Waals surface area (Å²) in [6, 6.07) is 3.87. The highest BCUT2D eigenvalue weighted by Crippen LogP contribution is 2.22. The molecule has 2 rings (SSSR count). The second kappa shape index (κ2) is 5.52. The molecule has 0 saturated heterocycles. The van der Waals surface area contributed by atoms with Gasteiger partial charge in [-0.1, -0.05) is 15.9 Å². The number of hydrogen-bond acceptors (Lipinski definition) is 3. The summed E-state index contributed by atoms with van der Waals surface area (Å²) >= 11 is 3.38. The van der Waals surface area contributed by atoms with Gasteiger partial charge in [0.2, 0.25) is 0 Å². The van der Waals surface area contributed by atoms with E-state index in [1.165, 1.54) is 0 Å². The number of rotatable bonds is 4. The molecule has 1 saturated carbocycles. The molecule has 0 aromatic heterocycles. The van der Waals surface area contributed by atoms with Crippen LogP contribution in [0.4, 0.5) is 4.79 Å². The van der Waals surface area contributed by atoms with Crippen LogP contribution in [0.25, 0.3) is 0 Å². The maximum atomic E-state index is 11.4. The second-order valence-electron chi connectivity index (χ2n) is 4.40. The molecule has 18 heavy (non-hydrogen) atoms. The molecule has 96 valence electrons. The fraction of sp³-hybridized carbons (Fsp3) is 0.385. The fourth-order valence-electron chi connectivity index (χ4n) is 1.55. The Bertz CT molecular complexity index is 483. The maximum absolute atomic E-state index is 11.4. The van der Waals surface area contributed by atoms with Crippen molar-refractivity contribution in [3.8, 4) is 0 Å². The molecule has 0 heterocycles. The van der Waals surface area contributed by atoms with Crippen LogP contribution >= 0.6 is 15.9 Å². The minimum Gasteiger partial charge on any atom is -0.445 e. The van der Waals surface area contributed by atoms with Crippen molar-refractivity contribution in [2.24, 2.45) is 0 Å². The fourth-order valence-corrected chi connectivity index (χ4v) is 2.07. The van der Waals surface area contributed by atoms with Crippen molar-refractivity contribution in [1.82, 2.24) is 5.32 Å². The van der Waals surface area contributed by atoms with Crippen LogP contribution in [0.2, 0.25) is 0 Å². The van der Waals surface area contributed by atoms with Crippen molar-refractivity contribution in [2.45, 2.75) is 32.4 Å². The van der Waals surface area contributed by atoms with Crippen molar-refractivity contribution in [2.75, 3.05) is 0 Å². The average molecular weight is 312 g/mol. The highest BCUT2D eigenvalue weighted by atomic mass is 79.9. The highest BCUT2D eigenvalue weighted by Gasteiger charge is 2.23. The molecular weight excluding hydrogens is 298 g/mol. The lowest BCUT2D eigenvalue weighted by molar-refractivity contribution is 0.112. The first-order valence-corrected chi connectivity index (χ1v) is 6.57. The normalized spacial score (nSPS) is 14.1. The molecule has 0 radical (unpaired) electrons. The molecule has 1 amide bonds. The zero-order chi connectivity index (χ0) is 13.1. The van der Waals surface area contributed by atoms with Crippen molar-refractivity contribution in [3.63, 3.8) is 0 Å². The minimum absolute atomic E-state index is 0.165. The third-order valence-electron chi connectivity index (χ3n) is 2.84. The topological polar surface area (TPSA) is 55.4 Å². The van der Waals surface area contributed by atoms with Crippen LogP contribution in [-0.2, 0) is 11.3 Å². The lowest BCUT2D eigenvalue weighted by Crippen LogP contribution is -2.26. The molecule has 1 aliphatic rings. The quantitative estimate of drug-likeness (QED) is 0.870. The number of carbonyl (C=O) groups excluding carboxylic acids is 2. The van der Waals surface area contributed by atoms with Gasteiger partial charge in [0.15, 0.2) is 0 Å². The van der Waals surface area contributed by atoms with E-state index in [0.717, 1.165) is 34.7 Å². The number of benzene rings is 1. The van der Waals surface area contributed by atoms with E-state index in [1.807, 2.05) is 13.0 Å². The summed E-state index contributed by atoms with van der Waals surface area (Å²) in [5.41, 5.74) is 2.28. The molecule has 0 bridgehead atoms. The standard InChI is InChI=1S/C13H14BrNO3/c1-8-10(6-16)4-9(5-12(8)14)7-18-13(17)15-11-2-3-11/h4-6,11H,2-3,7H2,1H3,(H,15,17). The third kappa shape index (κ3) is 3.32. The first-order chi connectivity index (χ1) is 8.60. The van der Waals surface area contributed by atoms with Gasteiger partial charge in [0.25, 0.3) is 0 Å². The summed E-state index contributed by atoms with van der Waals surface area (Å²) in [6.07, 6.45) is 2.45. The van der Waals surface area contributed by atoms with Gasteiger partial charge in [-0.2, -0.15) is 0 Å². The van der Waals surface area contributed by atoms with Crippen molar-refractivity contribution in [1.29, 1.82) is 0 Å². The van der Waals surface area contributed by atoms with Crippen LogP contribution < -0.4 is 5.32 Å². The number of hydrogen-bond donors (Lipinski definition) is 1. The molecule has 1 N–H and O–H groups in total. The molecule has 1 aromatic carbocycles. The van der Waals surface area contributed by atoms with Crippen LogP contribution in [-0.4, -0.2) is 18.4 Å². The lowest BCUT2D eigenvalue weighted by atomic mass is 10.1.